The van der Waals surface area contributed by atoms with Crippen LogP contribution in [-0.4, -0.2) is 54.5 Å². The molecule has 2 amide bonds. The molecule has 0 spiro atoms. The number of rotatable bonds is 9. The molecule has 1 aliphatic rings. The fraction of sp³-hybridized carbons (Fsp3) is 0.357. The van der Waals surface area contributed by atoms with Crippen LogP contribution in [0.15, 0.2) is 60.0 Å². The molecule has 0 N–H and O–H groups in total. The predicted octanol–water partition coefficient (Wildman–Crippen LogP) is 5.34. The first-order chi connectivity index (χ1) is 17.4. The van der Waals surface area contributed by atoms with Crippen LogP contribution in [0.1, 0.15) is 47.1 Å². The average molecular weight is 511 g/mol. The second-order valence-electron chi connectivity index (χ2n) is 8.78. The van der Waals surface area contributed by atoms with Crippen molar-refractivity contribution in [3.05, 3.63) is 81.8 Å². The molecule has 190 valence electrons. The number of hydrogen-bond donors (Lipinski definition) is 0. The number of para-hydroxylation sites is 2. The van der Waals surface area contributed by atoms with E-state index in [1.165, 1.54) is 21.9 Å². The van der Waals surface area contributed by atoms with Crippen molar-refractivity contribution in [2.75, 3.05) is 26.8 Å². The van der Waals surface area contributed by atoms with Gasteiger partial charge in [0.25, 0.3) is 5.91 Å². The first-order valence-electron chi connectivity index (χ1n) is 12.1. The van der Waals surface area contributed by atoms with Crippen molar-refractivity contribution >= 4 is 23.2 Å². The second kappa shape index (κ2) is 11.6. The summed E-state index contributed by atoms with van der Waals surface area (Å²) < 4.78 is 25.9. The van der Waals surface area contributed by atoms with Crippen LogP contribution in [0.25, 0.3) is 0 Å². The Morgan fingerprint density at radius 3 is 2.58 bits per heavy atom. The molecule has 0 aliphatic carbocycles. The highest BCUT2D eigenvalue weighted by molar-refractivity contribution is 7.10. The Balaban J connectivity index is 1.57. The number of ether oxygens (including phenoxy) is 2. The molecular formula is C28H31FN2O4S. The van der Waals surface area contributed by atoms with Crippen molar-refractivity contribution in [2.24, 2.45) is 0 Å². The minimum Gasteiger partial charge on any atom is -0.493 e. The lowest BCUT2D eigenvalue weighted by Crippen LogP contribution is -2.50. The van der Waals surface area contributed by atoms with E-state index in [2.05, 4.69) is 0 Å². The first-order valence-corrected chi connectivity index (χ1v) is 13.0. The minimum atomic E-state index is -0.591. The van der Waals surface area contributed by atoms with Crippen molar-refractivity contribution in [3.8, 4) is 11.5 Å². The molecule has 2 aromatic carbocycles. The molecular weight excluding hydrogens is 479 g/mol. The molecule has 1 aromatic heterocycles. The molecule has 0 radical (unpaired) electrons. The molecule has 1 aliphatic heterocycles. The Morgan fingerprint density at radius 2 is 1.86 bits per heavy atom. The van der Waals surface area contributed by atoms with Crippen LogP contribution >= 0.6 is 11.3 Å². The van der Waals surface area contributed by atoms with Crippen LogP contribution in [0, 0.1) is 5.82 Å². The van der Waals surface area contributed by atoms with E-state index in [4.69, 9.17) is 9.47 Å². The molecule has 36 heavy (non-hydrogen) atoms. The van der Waals surface area contributed by atoms with Gasteiger partial charge < -0.3 is 19.3 Å². The molecule has 0 saturated heterocycles. The summed E-state index contributed by atoms with van der Waals surface area (Å²) in [6, 6.07) is 14.8. The van der Waals surface area contributed by atoms with Gasteiger partial charge in [-0.05, 0) is 61.0 Å². The van der Waals surface area contributed by atoms with Crippen molar-refractivity contribution in [1.82, 2.24) is 9.80 Å². The van der Waals surface area contributed by atoms with Gasteiger partial charge >= 0.3 is 0 Å². The quantitative estimate of drug-likeness (QED) is 0.390. The van der Waals surface area contributed by atoms with E-state index in [1.54, 1.807) is 35.5 Å². The lowest BCUT2D eigenvalue weighted by Gasteiger charge is -2.38. The molecule has 2 atom stereocenters. The molecule has 0 saturated carbocycles. The van der Waals surface area contributed by atoms with Gasteiger partial charge in [0.2, 0.25) is 5.91 Å². The summed E-state index contributed by atoms with van der Waals surface area (Å²) in [6.07, 6.45) is 1.39. The molecule has 2 heterocycles. The van der Waals surface area contributed by atoms with Gasteiger partial charge in [0.15, 0.2) is 11.5 Å². The van der Waals surface area contributed by atoms with Gasteiger partial charge in [-0.1, -0.05) is 31.2 Å². The van der Waals surface area contributed by atoms with E-state index in [9.17, 15) is 14.0 Å². The van der Waals surface area contributed by atoms with Crippen molar-refractivity contribution in [1.29, 1.82) is 0 Å². The van der Waals surface area contributed by atoms with Gasteiger partial charge in [-0.2, -0.15) is 0 Å². The Morgan fingerprint density at radius 1 is 1.14 bits per heavy atom. The smallest absolute Gasteiger partial charge is 0.257 e. The number of methoxy groups -OCH3 is 1. The largest absolute Gasteiger partial charge is 0.493 e. The van der Waals surface area contributed by atoms with Gasteiger partial charge in [0.1, 0.15) is 19.0 Å². The van der Waals surface area contributed by atoms with Gasteiger partial charge in [0.05, 0.1) is 18.7 Å². The zero-order valence-electron chi connectivity index (χ0n) is 20.8. The van der Waals surface area contributed by atoms with Crippen LogP contribution in [0.4, 0.5) is 4.39 Å². The van der Waals surface area contributed by atoms with E-state index >= 15 is 0 Å². The highest BCUT2D eigenvalue weighted by Gasteiger charge is 2.35. The maximum Gasteiger partial charge on any atom is 0.257 e. The normalized spacial score (nSPS) is 15.7. The number of nitrogens with zero attached hydrogens (tertiary/aromatic N) is 2. The summed E-state index contributed by atoms with van der Waals surface area (Å²) >= 11 is 1.67. The van der Waals surface area contributed by atoms with E-state index in [0.29, 0.717) is 24.5 Å². The van der Waals surface area contributed by atoms with Crippen molar-refractivity contribution in [2.45, 2.75) is 38.8 Å². The zero-order valence-corrected chi connectivity index (χ0v) is 21.6. The summed E-state index contributed by atoms with van der Waals surface area (Å²) in [5.74, 6) is -0.0376. The zero-order chi connectivity index (χ0) is 25.7. The average Bonchev–Trinajstić information content (AvgIpc) is 3.39. The Bertz CT molecular complexity index is 1210. The maximum atomic E-state index is 14.4. The molecule has 0 unspecified atom stereocenters. The lowest BCUT2D eigenvalue weighted by atomic mass is 10.00. The van der Waals surface area contributed by atoms with E-state index < -0.39 is 11.7 Å². The number of halogens is 1. The summed E-state index contributed by atoms with van der Waals surface area (Å²) in [4.78, 5) is 31.5. The minimum absolute atomic E-state index is 0.0274. The summed E-state index contributed by atoms with van der Waals surface area (Å²) in [5.41, 5.74) is 1.03. The number of thiophene rings is 1. The maximum absolute atomic E-state index is 14.4. The standard InChI is InChI=1S/C28H31FN2O4S/c1-4-19(2)31(28(33)20-9-5-6-10-22(20)29)17-27(32)30-15-13-26-21(14-16-36-26)23(30)18-35-25-12-8-7-11-24(25)34-3/h5-12,14,16,19,23H,4,13,15,17-18H2,1-3H3/t19-,23-/m0/s1. The second-order valence-corrected chi connectivity index (χ2v) is 9.78. The molecule has 0 bridgehead atoms. The van der Waals surface area contributed by atoms with E-state index in [1.807, 2.05) is 49.6 Å². The fourth-order valence-corrected chi connectivity index (χ4v) is 5.38. The van der Waals surface area contributed by atoms with Crippen LogP contribution in [-0.2, 0) is 11.2 Å². The van der Waals surface area contributed by atoms with Crippen molar-refractivity contribution < 1.29 is 23.5 Å². The fourth-order valence-electron chi connectivity index (χ4n) is 4.46. The number of benzene rings is 2. The number of fused-ring (bicyclic) bond motifs is 1. The Hall–Kier alpha value is -3.39. The topological polar surface area (TPSA) is 59.1 Å². The highest BCUT2D eigenvalue weighted by Crippen LogP contribution is 2.35. The van der Waals surface area contributed by atoms with E-state index in [-0.39, 0.29) is 36.7 Å². The lowest BCUT2D eigenvalue weighted by molar-refractivity contribution is -0.136. The summed E-state index contributed by atoms with van der Waals surface area (Å²) in [7, 11) is 1.59. The van der Waals surface area contributed by atoms with Crippen LogP contribution in [0.2, 0.25) is 0 Å². The first kappa shape index (κ1) is 25.7. The Kier molecular flexibility index (Phi) is 8.25. The Labute approximate surface area is 215 Å². The monoisotopic (exact) mass is 510 g/mol. The third kappa shape index (κ3) is 5.38. The van der Waals surface area contributed by atoms with Gasteiger partial charge in [-0.25, -0.2) is 4.39 Å². The molecule has 6 nitrogen and oxygen atoms in total. The molecule has 0 fully saturated rings. The summed E-state index contributed by atoms with van der Waals surface area (Å²) in [6.45, 7) is 4.46. The molecule has 8 heteroatoms. The van der Waals surface area contributed by atoms with Crippen LogP contribution in [0.3, 0.4) is 0 Å². The van der Waals surface area contributed by atoms with E-state index in [0.717, 1.165) is 12.0 Å². The predicted molar refractivity (Wildman–Crippen MR) is 138 cm³/mol. The van der Waals surface area contributed by atoms with Crippen molar-refractivity contribution in [3.63, 3.8) is 0 Å². The summed E-state index contributed by atoms with van der Waals surface area (Å²) in [5, 5.41) is 2.03. The molecule has 3 aromatic rings. The third-order valence-corrected chi connectivity index (χ3v) is 7.67. The SMILES string of the molecule is CC[C@H](C)N(CC(=O)N1CCc2sccc2[C@@H]1COc1ccccc1OC)C(=O)c1ccccc1F. The van der Waals surface area contributed by atoms with Gasteiger partial charge in [0, 0.05) is 17.5 Å². The number of carbonyl (C=O) groups excluding carboxylic acids is 2. The third-order valence-electron chi connectivity index (χ3n) is 6.67. The van der Waals surface area contributed by atoms with Crippen LogP contribution in [0.5, 0.6) is 11.5 Å². The van der Waals surface area contributed by atoms with Crippen LogP contribution < -0.4 is 9.47 Å². The number of hydrogen-bond acceptors (Lipinski definition) is 5. The van der Waals surface area contributed by atoms with Gasteiger partial charge in [-0.15, -0.1) is 11.3 Å². The van der Waals surface area contributed by atoms with Gasteiger partial charge in [-0.3, -0.25) is 9.59 Å². The number of amides is 2. The number of carbonyl (C=O) groups is 2. The molecule has 4 rings (SSSR count). The highest BCUT2D eigenvalue weighted by atomic mass is 32.1.